The minimum Gasteiger partial charge on any atom is -0.396 e. The van der Waals surface area contributed by atoms with Gasteiger partial charge in [-0.05, 0) is 43.9 Å². The molecule has 0 aliphatic carbocycles. The Balaban J connectivity index is 2.65. The van der Waals surface area contributed by atoms with E-state index < -0.39 is 0 Å². The number of hydrogen-bond acceptors (Lipinski definition) is 2. The van der Waals surface area contributed by atoms with Crippen LogP contribution < -0.4 is 5.32 Å². The summed E-state index contributed by atoms with van der Waals surface area (Å²) in [6.07, 6.45) is 1.74. The maximum Gasteiger partial charge on any atom is 0.0453 e. The Morgan fingerprint density at radius 2 is 2.12 bits per heavy atom. The Bertz CT molecular complexity index is 367. The number of aliphatic hydroxyl groups is 1. The molecule has 2 N–H and O–H groups in total. The van der Waals surface area contributed by atoms with Crippen LogP contribution in [0.4, 0.5) is 0 Å². The van der Waals surface area contributed by atoms with Crippen molar-refractivity contribution in [3.05, 3.63) is 34.3 Å². The molecule has 0 aliphatic rings. The van der Waals surface area contributed by atoms with Crippen LogP contribution in [0.15, 0.2) is 18.2 Å². The molecule has 0 amide bonds. The third-order valence-electron chi connectivity index (χ3n) is 3.36. The van der Waals surface area contributed by atoms with Crippen molar-refractivity contribution in [1.29, 1.82) is 0 Å². The Morgan fingerprint density at radius 1 is 1.41 bits per heavy atom. The molecule has 3 heteroatoms. The highest BCUT2D eigenvalue weighted by Crippen LogP contribution is 2.20. The summed E-state index contributed by atoms with van der Waals surface area (Å²) in [5.74, 6) is 0. The predicted molar refractivity (Wildman–Crippen MR) is 73.4 cm³/mol. The van der Waals surface area contributed by atoms with E-state index in [9.17, 15) is 0 Å². The van der Waals surface area contributed by atoms with E-state index in [4.69, 9.17) is 16.7 Å². The molecule has 17 heavy (non-hydrogen) atoms. The zero-order valence-electron chi connectivity index (χ0n) is 10.9. The molecule has 0 radical (unpaired) electrons. The lowest BCUT2D eigenvalue weighted by Gasteiger charge is -2.29. The average molecular weight is 256 g/mol. The van der Waals surface area contributed by atoms with Crippen molar-refractivity contribution in [2.45, 2.75) is 45.7 Å². The van der Waals surface area contributed by atoms with Gasteiger partial charge in [0.2, 0.25) is 0 Å². The van der Waals surface area contributed by atoms with Gasteiger partial charge in [0.25, 0.3) is 0 Å². The highest BCUT2D eigenvalue weighted by atomic mass is 35.5. The van der Waals surface area contributed by atoms with Crippen LogP contribution in [-0.2, 0) is 6.54 Å². The third-order valence-corrected chi connectivity index (χ3v) is 3.71. The highest BCUT2D eigenvalue weighted by Gasteiger charge is 2.20. The quantitative estimate of drug-likeness (QED) is 0.818. The first-order valence-electron chi connectivity index (χ1n) is 6.11. The SMILES string of the molecule is CCC(C)(CCO)NCc1ccc(C)cc1Cl. The van der Waals surface area contributed by atoms with Gasteiger partial charge >= 0.3 is 0 Å². The Hall–Kier alpha value is -0.570. The number of rotatable bonds is 6. The summed E-state index contributed by atoms with van der Waals surface area (Å²) in [5, 5.41) is 13.3. The number of hydrogen-bond donors (Lipinski definition) is 2. The maximum atomic E-state index is 9.06. The largest absolute Gasteiger partial charge is 0.396 e. The zero-order chi connectivity index (χ0) is 12.9. The van der Waals surface area contributed by atoms with Gasteiger partial charge in [-0.2, -0.15) is 0 Å². The van der Waals surface area contributed by atoms with Gasteiger partial charge in [0, 0.05) is 23.7 Å². The lowest BCUT2D eigenvalue weighted by atomic mass is 9.94. The van der Waals surface area contributed by atoms with Crippen LogP contribution in [0, 0.1) is 6.92 Å². The van der Waals surface area contributed by atoms with Crippen molar-refractivity contribution in [2.75, 3.05) is 6.61 Å². The van der Waals surface area contributed by atoms with E-state index in [-0.39, 0.29) is 12.1 Å². The molecule has 0 fully saturated rings. The molecule has 1 aromatic rings. The summed E-state index contributed by atoms with van der Waals surface area (Å²) in [5.41, 5.74) is 2.26. The number of aliphatic hydroxyl groups excluding tert-OH is 1. The molecule has 96 valence electrons. The van der Waals surface area contributed by atoms with Crippen LogP contribution in [0.25, 0.3) is 0 Å². The topological polar surface area (TPSA) is 32.3 Å². The molecule has 0 spiro atoms. The molecule has 1 unspecified atom stereocenters. The van der Waals surface area contributed by atoms with Crippen LogP contribution in [0.5, 0.6) is 0 Å². The van der Waals surface area contributed by atoms with Gasteiger partial charge in [0.05, 0.1) is 0 Å². The van der Waals surface area contributed by atoms with Crippen LogP contribution >= 0.6 is 11.6 Å². The Morgan fingerprint density at radius 3 is 2.65 bits per heavy atom. The smallest absolute Gasteiger partial charge is 0.0453 e. The van der Waals surface area contributed by atoms with Crippen LogP contribution in [0.2, 0.25) is 5.02 Å². The normalized spacial score (nSPS) is 14.6. The molecule has 1 aromatic carbocycles. The standard InChI is InChI=1S/C14H22ClNO/c1-4-14(3,7-8-17)16-10-12-6-5-11(2)9-13(12)15/h5-6,9,16-17H,4,7-8,10H2,1-3H3. The van der Waals surface area contributed by atoms with Crippen LogP contribution in [0.1, 0.15) is 37.8 Å². The van der Waals surface area contributed by atoms with Gasteiger partial charge in [0.15, 0.2) is 0 Å². The molecule has 0 bridgehead atoms. The van der Waals surface area contributed by atoms with E-state index in [1.165, 1.54) is 5.56 Å². The summed E-state index contributed by atoms with van der Waals surface area (Å²) >= 11 is 6.19. The summed E-state index contributed by atoms with van der Waals surface area (Å²) in [6, 6.07) is 6.10. The molecule has 2 nitrogen and oxygen atoms in total. The van der Waals surface area contributed by atoms with Gasteiger partial charge < -0.3 is 10.4 Å². The highest BCUT2D eigenvalue weighted by molar-refractivity contribution is 6.31. The van der Waals surface area contributed by atoms with E-state index in [0.717, 1.165) is 30.0 Å². The lowest BCUT2D eigenvalue weighted by Crippen LogP contribution is -2.42. The van der Waals surface area contributed by atoms with E-state index >= 15 is 0 Å². The van der Waals surface area contributed by atoms with Crippen molar-refractivity contribution in [3.63, 3.8) is 0 Å². The molecule has 1 rings (SSSR count). The van der Waals surface area contributed by atoms with Gasteiger partial charge in [-0.1, -0.05) is 30.7 Å². The summed E-state index contributed by atoms with van der Waals surface area (Å²) in [6.45, 7) is 7.23. The van der Waals surface area contributed by atoms with Crippen molar-refractivity contribution in [1.82, 2.24) is 5.32 Å². The van der Waals surface area contributed by atoms with Gasteiger partial charge in [-0.25, -0.2) is 0 Å². The van der Waals surface area contributed by atoms with Crippen molar-refractivity contribution in [3.8, 4) is 0 Å². The molecule has 0 saturated carbocycles. The van der Waals surface area contributed by atoms with E-state index in [1.54, 1.807) is 0 Å². The Kier molecular flexibility index (Phi) is 5.44. The average Bonchev–Trinajstić information content (AvgIpc) is 2.28. The van der Waals surface area contributed by atoms with Crippen LogP contribution in [0.3, 0.4) is 0 Å². The van der Waals surface area contributed by atoms with Crippen molar-refractivity contribution >= 4 is 11.6 Å². The first-order valence-corrected chi connectivity index (χ1v) is 6.49. The predicted octanol–water partition coefficient (Wildman–Crippen LogP) is 3.29. The fourth-order valence-electron chi connectivity index (χ4n) is 1.74. The van der Waals surface area contributed by atoms with Crippen LogP contribution in [-0.4, -0.2) is 17.3 Å². The van der Waals surface area contributed by atoms with Crippen molar-refractivity contribution < 1.29 is 5.11 Å². The molecule has 0 heterocycles. The van der Waals surface area contributed by atoms with Gasteiger partial charge in [0.1, 0.15) is 0 Å². The van der Waals surface area contributed by atoms with Crippen molar-refractivity contribution in [2.24, 2.45) is 0 Å². The second kappa shape index (κ2) is 6.39. The zero-order valence-corrected chi connectivity index (χ0v) is 11.6. The summed E-state index contributed by atoms with van der Waals surface area (Å²) < 4.78 is 0. The minimum atomic E-state index is -0.0248. The summed E-state index contributed by atoms with van der Waals surface area (Å²) in [4.78, 5) is 0. The van der Waals surface area contributed by atoms with Gasteiger partial charge in [-0.15, -0.1) is 0 Å². The Labute approximate surface area is 109 Å². The second-order valence-electron chi connectivity index (χ2n) is 4.84. The fourth-order valence-corrected chi connectivity index (χ4v) is 2.04. The van der Waals surface area contributed by atoms with E-state index in [1.807, 2.05) is 13.0 Å². The molecule has 0 saturated heterocycles. The molecule has 0 aliphatic heterocycles. The monoisotopic (exact) mass is 255 g/mol. The fraction of sp³-hybridized carbons (Fsp3) is 0.571. The first kappa shape index (κ1) is 14.5. The maximum absolute atomic E-state index is 9.06. The second-order valence-corrected chi connectivity index (χ2v) is 5.24. The summed E-state index contributed by atoms with van der Waals surface area (Å²) in [7, 11) is 0. The molecular weight excluding hydrogens is 234 g/mol. The van der Waals surface area contributed by atoms with Gasteiger partial charge in [-0.3, -0.25) is 0 Å². The number of nitrogens with one attached hydrogen (secondary N) is 1. The lowest BCUT2D eigenvalue weighted by molar-refractivity contribution is 0.214. The molecule has 0 aromatic heterocycles. The van der Waals surface area contributed by atoms with E-state index in [0.29, 0.717) is 0 Å². The number of aryl methyl sites for hydroxylation is 1. The van der Waals surface area contributed by atoms with E-state index in [2.05, 4.69) is 31.3 Å². The minimum absolute atomic E-state index is 0.0248. The number of halogens is 1. The number of benzene rings is 1. The molecule has 1 atom stereocenters. The third kappa shape index (κ3) is 4.30. The molecular formula is C14H22ClNO. The first-order chi connectivity index (χ1) is 8.00.